The first kappa shape index (κ1) is 21.3. The Balaban J connectivity index is 1.77. The summed E-state index contributed by atoms with van der Waals surface area (Å²) in [7, 11) is 0. The molecule has 1 aromatic heterocycles. The number of nitrogens with one attached hydrogen (secondary N) is 2. The van der Waals surface area contributed by atoms with Crippen LogP contribution in [0.15, 0.2) is 70.7 Å². The molecule has 2 amide bonds. The number of nitrogens with zero attached hydrogens (tertiary/aromatic N) is 4. The van der Waals surface area contributed by atoms with Crippen molar-refractivity contribution in [1.82, 2.24) is 30.4 Å². The first-order valence-corrected chi connectivity index (χ1v) is 10.2. The van der Waals surface area contributed by atoms with Crippen LogP contribution < -0.4 is 16.3 Å². The zero-order valence-corrected chi connectivity index (χ0v) is 17.7. The van der Waals surface area contributed by atoms with Crippen LogP contribution in [0.3, 0.4) is 0 Å². The highest BCUT2D eigenvalue weighted by Crippen LogP contribution is 2.28. The summed E-state index contributed by atoms with van der Waals surface area (Å²) in [6.45, 7) is 1.63. The van der Waals surface area contributed by atoms with E-state index in [0.29, 0.717) is 16.3 Å². The molecule has 2 aromatic carbocycles. The molecule has 0 fully saturated rings. The van der Waals surface area contributed by atoms with E-state index < -0.39 is 23.7 Å². The minimum Gasteiger partial charge on any atom is -0.463 e. The van der Waals surface area contributed by atoms with Crippen LogP contribution in [0.1, 0.15) is 18.5 Å². The summed E-state index contributed by atoms with van der Waals surface area (Å²) in [6.07, 6.45) is 0. The topological polar surface area (TPSA) is 120 Å². The lowest BCUT2D eigenvalue weighted by molar-refractivity contribution is -0.139. The summed E-state index contributed by atoms with van der Waals surface area (Å²) < 4.78 is 7.30. The number of allylic oxidation sites excluding steroid dienone is 1. The first-order chi connectivity index (χ1) is 15.5. The number of benzene rings is 2. The highest BCUT2D eigenvalue weighted by molar-refractivity contribution is 6.32. The van der Waals surface area contributed by atoms with Crippen molar-refractivity contribution < 1.29 is 14.3 Å². The molecule has 0 saturated carbocycles. The van der Waals surface area contributed by atoms with Crippen LogP contribution in [0.2, 0.25) is 5.02 Å². The average molecular weight is 455 g/mol. The number of rotatable bonds is 6. The Morgan fingerprint density at radius 3 is 2.53 bits per heavy atom. The van der Waals surface area contributed by atoms with Gasteiger partial charge < -0.3 is 15.4 Å². The van der Waals surface area contributed by atoms with E-state index in [1.54, 1.807) is 55.5 Å². The number of tetrazole rings is 1. The summed E-state index contributed by atoms with van der Waals surface area (Å²) in [4.78, 5) is 38.1. The van der Waals surface area contributed by atoms with Gasteiger partial charge in [-0.25, -0.2) is 14.4 Å². The van der Waals surface area contributed by atoms with E-state index in [0.717, 1.165) is 9.36 Å². The van der Waals surface area contributed by atoms with Crippen LogP contribution in [-0.4, -0.2) is 38.4 Å². The fourth-order valence-electron chi connectivity index (χ4n) is 3.39. The normalized spacial score (nSPS) is 15.8. The number of amides is 2. The van der Waals surface area contributed by atoms with Crippen LogP contribution in [-0.2, 0) is 16.1 Å². The van der Waals surface area contributed by atoms with Gasteiger partial charge in [0.25, 0.3) is 0 Å². The van der Waals surface area contributed by atoms with Crippen molar-refractivity contribution in [2.75, 3.05) is 6.61 Å². The van der Waals surface area contributed by atoms with Crippen molar-refractivity contribution in [2.24, 2.45) is 0 Å². The zero-order valence-electron chi connectivity index (χ0n) is 17.0. The Morgan fingerprint density at radius 2 is 1.81 bits per heavy atom. The molecular formula is C21H19ClN6O4. The third kappa shape index (κ3) is 4.12. The fraction of sp³-hybridized carbons (Fsp3) is 0.190. The third-order valence-corrected chi connectivity index (χ3v) is 5.13. The number of hydrogen-bond acceptors (Lipinski definition) is 6. The zero-order chi connectivity index (χ0) is 22.7. The molecule has 2 heterocycles. The molecule has 4 rings (SSSR count). The Bertz CT molecular complexity index is 1250. The van der Waals surface area contributed by atoms with Gasteiger partial charge >= 0.3 is 17.7 Å². The van der Waals surface area contributed by atoms with E-state index in [9.17, 15) is 14.4 Å². The lowest BCUT2D eigenvalue weighted by Crippen LogP contribution is -2.47. The number of hydrogen-bond donors (Lipinski definition) is 2. The highest BCUT2D eigenvalue weighted by Gasteiger charge is 2.34. The minimum absolute atomic E-state index is 0.147. The van der Waals surface area contributed by atoms with Crippen LogP contribution in [0, 0.1) is 0 Å². The van der Waals surface area contributed by atoms with Crippen molar-refractivity contribution >= 4 is 23.6 Å². The van der Waals surface area contributed by atoms with Crippen LogP contribution in [0.5, 0.6) is 0 Å². The second kappa shape index (κ2) is 9.06. The molecule has 1 unspecified atom stereocenters. The number of ether oxygens (including phenoxy) is 1. The number of halogens is 1. The number of carbonyl (C=O) groups is 2. The van der Waals surface area contributed by atoms with Crippen molar-refractivity contribution in [2.45, 2.75) is 19.5 Å². The SMILES string of the molecule is CCOC(=O)C1=C(Cn2nnn(-c3ccccc3Cl)c2=O)NC(=O)NC1c1ccccc1. The maximum absolute atomic E-state index is 12.9. The van der Waals surface area contributed by atoms with E-state index in [1.807, 2.05) is 6.07 Å². The third-order valence-electron chi connectivity index (χ3n) is 4.81. The van der Waals surface area contributed by atoms with Gasteiger partial charge in [-0.3, -0.25) is 0 Å². The Kier molecular flexibility index (Phi) is 6.04. The van der Waals surface area contributed by atoms with Gasteiger partial charge in [-0.1, -0.05) is 54.1 Å². The maximum atomic E-state index is 12.9. The molecule has 10 nitrogen and oxygen atoms in total. The van der Waals surface area contributed by atoms with Gasteiger partial charge in [0.1, 0.15) is 0 Å². The molecule has 0 saturated heterocycles. The molecule has 0 radical (unpaired) electrons. The van der Waals surface area contributed by atoms with Gasteiger partial charge in [0, 0.05) is 0 Å². The summed E-state index contributed by atoms with van der Waals surface area (Å²) in [5.74, 6) is -0.615. The summed E-state index contributed by atoms with van der Waals surface area (Å²) >= 11 is 6.16. The number of esters is 1. The first-order valence-electron chi connectivity index (χ1n) is 9.80. The lowest BCUT2D eigenvalue weighted by atomic mass is 9.95. The van der Waals surface area contributed by atoms with E-state index in [1.165, 1.54) is 0 Å². The van der Waals surface area contributed by atoms with Gasteiger partial charge in [0.15, 0.2) is 0 Å². The number of aromatic nitrogens is 4. The van der Waals surface area contributed by atoms with Gasteiger partial charge in [0.2, 0.25) is 0 Å². The van der Waals surface area contributed by atoms with E-state index in [2.05, 4.69) is 21.1 Å². The van der Waals surface area contributed by atoms with Crippen LogP contribution in [0.4, 0.5) is 4.79 Å². The second-order valence-corrected chi connectivity index (χ2v) is 7.24. The molecule has 0 aliphatic carbocycles. The molecule has 11 heteroatoms. The number of urea groups is 1. The van der Waals surface area contributed by atoms with E-state index >= 15 is 0 Å². The van der Waals surface area contributed by atoms with Gasteiger partial charge in [0.05, 0.1) is 41.2 Å². The molecule has 164 valence electrons. The smallest absolute Gasteiger partial charge is 0.368 e. The van der Waals surface area contributed by atoms with Gasteiger partial charge in [-0.2, -0.15) is 9.36 Å². The molecule has 32 heavy (non-hydrogen) atoms. The molecule has 1 atom stereocenters. The fourth-order valence-corrected chi connectivity index (χ4v) is 3.60. The Labute approximate surface area is 187 Å². The lowest BCUT2D eigenvalue weighted by Gasteiger charge is -2.29. The Hall–Kier alpha value is -3.92. The largest absolute Gasteiger partial charge is 0.463 e. The van der Waals surface area contributed by atoms with Crippen molar-refractivity contribution in [3.05, 3.63) is 86.9 Å². The average Bonchev–Trinajstić information content (AvgIpc) is 3.14. The molecule has 1 aliphatic heterocycles. The minimum atomic E-state index is -0.756. The maximum Gasteiger partial charge on any atom is 0.368 e. The number of carbonyl (C=O) groups excluding carboxylic acids is 2. The molecular weight excluding hydrogens is 436 g/mol. The molecule has 1 aliphatic rings. The van der Waals surface area contributed by atoms with Gasteiger partial charge in [-0.05, 0) is 35.0 Å². The summed E-state index contributed by atoms with van der Waals surface area (Å²) in [5.41, 5.74) is 0.834. The quantitative estimate of drug-likeness (QED) is 0.549. The second-order valence-electron chi connectivity index (χ2n) is 6.84. The molecule has 0 spiro atoms. The molecule has 2 N–H and O–H groups in total. The Morgan fingerprint density at radius 1 is 1.09 bits per heavy atom. The van der Waals surface area contributed by atoms with Crippen molar-refractivity contribution in [1.29, 1.82) is 0 Å². The van der Waals surface area contributed by atoms with E-state index in [-0.39, 0.29) is 24.4 Å². The predicted molar refractivity (Wildman–Crippen MR) is 115 cm³/mol. The highest BCUT2D eigenvalue weighted by atomic mass is 35.5. The van der Waals surface area contributed by atoms with Crippen LogP contribution >= 0.6 is 11.6 Å². The van der Waals surface area contributed by atoms with Crippen LogP contribution in [0.25, 0.3) is 5.69 Å². The van der Waals surface area contributed by atoms with Gasteiger partial charge in [-0.15, -0.1) is 0 Å². The molecule has 0 bridgehead atoms. The van der Waals surface area contributed by atoms with Crippen molar-refractivity contribution in [3.63, 3.8) is 0 Å². The summed E-state index contributed by atoms with van der Waals surface area (Å²) in [6, 6.07) is 14.4. The summed E-state index contributed by atoms with van der Waals surface area (Å²) in [5, 5.41) is 13.4. The van der Waals surface area contributed by atoms with Crippen molar-refractivity contribution in [3.8, 4) is 5.69 Å². The van der Waals surface area contributed by atoms with E-state index in [4.69, 9.17) is 16.3 Å². The number of para-hydroxylation sites is 1. The molecule has 3 aromatic rings. The monoisotopic (exact) mass is 454 g/mol. The standard InChI is InChI=1S/C21H19ClN6O4/c1-2-32-19(29)17-15(23-20(30)24-18(17)13-8-4-3-5-9-13)12-27-21(31)28(26-25-27)16-11-7-6-10-14(16)22/h3-11,18H,2,12H2,1H3,(H2,23,24,30). The predicted octanol–water partition coefficient (Wildman–Crippen LogP) is 1.95.